The molecule has 0 aromatic heterocycles. The van der Waals surface area contributed by atoms with E-state index in [1.165, 1.54) is 38.5 Å². The molecule has 0 amide bonds. The van der Waals surface area contributed by atoms with Crippen molar-refractivity contribution in [3.63, 3.8) is 0 Å². The quantitative estimate of drug-likeness (QED) is 0.350. The van der Waals surface area contributed by atoms with Gasteiger partial charge in [0, 0.05) is 0 Å². The summed E-state index contributed by atoms with van der Waals surface area (Å²) in [6.45, 7) is 6.94. The zero-order valence-corrected chi connectivity index (χ0v) is 14.5. The average molecular weight is 390 g/mol. The number of hydrogen-bond acceptors (Lipinski definition) is 0. The molecule has 0 saturated carbocycles. The van der Waals surface area contributed by atoms with Crippen LogP contribution in [0.2, 0.25) is 0 Å². The molecule has 0 aliphatic rings. The van der Waals surface area contributed by atoms with Gasteiger partial charge in [-0.05, 0) is 37.7 Å². The molecular weight excluding hydrogens is 363 g/mol. The Morgan fingerprint density at radius 1 is 0.733 bits per heavy atom. The van der Waals surface area contributed by atoms with Crippen LogP contribution < -0.4 is 0 Å². The van der Waals surface area contributed by atoms with Gasteiger partial charge < -0.3 is 0 Å². The Morgan fingerprint density at radius 2 is 1.00 bits per heavy atom. The Labute approximate surface area is 117 Å². The number of hydrogen-bond donors (Lipinski definition) is 0. The van der Waals surface area contributed by atoms with Gasteiger partial charge in [0.2, 0.25) is 0 Å². The molecule has 0 bridgehead atoms. The molecule has 15 heavy (non-hydrogen) atoms. The van der Waals surface area contributed by atoms with E-state index in [1.54, 1.807) is 18.5 Å². The van der Waals surface area contributed by atoms with E-state index in [0.717, 1.165) is 0 Å². The van der Waals surface area contributed by atoms with Gasteiger partial charge >= 0.3 is 32.0 Å². The van der Waals surface area contributed by atoms with Crippen LogP contribution in [0, 0.1) is 0 Å². The molecule has 0 aromatic carbocycles. The van der Waals surface area contributed by atoms with Crippen LogP contribution in [0.1, 0.15) is 59.3 Å². The van der Waals surface area contributed by atoms with Crippen molar-refractivity contribution < 1.29 is 18.9 Å². The van der Waals surface area contributed by atoms with Crippen LogP contribution in [0.4, 0.5) is 0 Å². The maximum absolute atomic E-state index is 2.76. The van der Waals surface area contributed by atoms with E-state index in [4.69, 9.17) is 0 Å². The van der Waals surface area contributed by atoms with Gasteiger partial charge in [-0.3, -0.25) is 0 Å². The van der Waals surface area contributed by atoms with Crippen LogP contribution in [-0.2, 0) is 18.9 Å². The Bertz CT molecular complexity index is 82.6. The van der Waals surface area contributed by atoms with Gasteiger partial charge in [-0.15, -0.1) is 7.92 Å². The monoisotopic (exact) mass is 388 g/mol. The molecule has 98 valence electrons. The van der Waals surface area contributed by atoms with Crippen LogP contribution in [0.3, 0.4) is 0 Å². The van der Waals surface area contributed by atoms with Gasteiger partial charge in [0.25, 0.3) is 0 Å². The Balaban J connectivity index is 0. The molecule has 0 nitrogen and oxygen atoms in total. The van der Waals surface area contributed by atoms with Crippen LogP contribution in [0.5, 0.6) is 0 Å². The number of unbranched alkanes of at least 4 members (excludes halogenated alkanes) is 3. The zero-order chi connectivity index (χ0) is 11.9. The van der Waals surface area contributed by atoms with Crippen LogP contribution in [-0.4, -0.2) is 18.5 Å². The first-order valence-corrected chi connectivity index (χ1v) is 11.5. The minimum atomic E-state index is 0.422. The molecule has 0 aliphatic carbocycles. The van der Waals surface area contributed by atoms with Gasteiger partial charge in [-0.2, -0.15) is 0 Å². The summed E-state index contributed by atoms with van der Waals surface area (Å²) >= 11 is 5.51. The summed E-state index contributed by atoms with van der Waals surface area (Å²) in [6.07, 6.45) is 13.2. The molecule has 0 unspecified atom stereocenters. The molecule has 0 saturated heterocycles. The normalized spacial score (nSPS) is 10.1. The summed E-state index contributed by atoms with van der Waals surface area (Å²) in [5.74, 6) is 0. The summed E-state index contributed by atoms with van der Waals surface area (Å²) < 4.78 is 0. The predicted molar refractivity (Wildman–Crippen MR) is 75.2 cm³/mol. The van der Waals surface area contributed by atoms with Crippen LogP contribution in [0.15, 0.2) is 0 Å². The molecule has 3 heteroatoms. The van der Waals surface area contributed by atoms with E-state index >= 15 is 0 Å². The first-order valence-electron chi connectivity index (χ1n) is 6.18. The topological polar surface area (TPSA) is 0 Å². The number of rotatable bonds is 9. The van der Waals surface area contributed by atoms with Crippen molar-refractivity contribution >= 4 is 20.9 Å². The van der Waals surface area contributed by atoms with Gasteiger partial charge in [0.1, 0.15) is 0 Å². The summed E-state index contributed by atoms with van der Waals surface area (Å²) in [4.78, 5) is 0. The molecule has 0 radical (unpaired) electrons. The molecule has 0 fully saturated rings. The van der Waals surface area contributed by atoms with Crippen molar-refractivity contribution in [2.45, 2.75) is 59.3 Å². The van der Waals surface area contributed by atoms with Crippen molar-refractivity contribution in [1.82, 2.24) is 0 Å². The number of halogens is 1. The Kier molecular flexibility index (Phi) is 22.8. The van der Waals surface area contributed by atoms with E-state index in [-0.39, 0.29) is 0 Å². The second kappa shape index (κ2) is 18.0. The first kappa shape index (κ1) is 19.0. The summed E-state index contributed by atoms with van der Waals surface area (Å²) in [7, 11) is 0.422. The minimum absolute atomic E-state index is 0.422. The molecular formula is C12H27AgBrP. The van der Waals surface area contributed by atoms with Crippen molar-refractivity contribution in [1.29, 1.82) is 0 Å². The molecule has 0 N–H and O–H groups in total. The average Bonchev–Trinajstić information content (AvgIpc) is 2.31. The molecule has 0 rings (SSSR count). The Morgan fingerprint density at radius 3 is 1.20 bits per heavy atom. The zero-order valence-electron chi connectivity index (χ0n) is 10.5. The standard InChI is InChI=1S/C12H27P.Ag.BrH/c1-4-7-10-13(11-8-5-2)12-9-6-3;;/h4-12H2,1-3H3;;1H/q;+1;/p-1. The van der Waals surface area contributed by atoms with Crippen molar-refractivity contribution in [2.75, 3.05) is 18.5 Å². The van der Waals surface area contributed by atoms with Gasteiger partial charge in [0.05, 0.1) is 0 Å². The van der Waals surface area contributed by atoms with Crippen LogP contribution >= 0.6 is 20.9 Å². The molecule has 0 aliphatic heterocycles. The first-order chi connectivity index (χ1) is 7.35. The third-order valence-corrected chi connectivity index (χ3v) is 5.33. The summed E-state index contributed by atoms with van der Waals surface area (Å²) in [5, 5.41) is 0. The fourth-order valence-electron chi connectivity index (χ4n) is 1.48. The molecule has 0 spiro atoms. The Hall–Kier alpha value is 1.65. The fraction of sp³-hybridized carbons (Fsp3) is 1.00. The second-order valence-corrected chi connectivity index (χ2v) is 6.59. The van der Waals surface area contributed by atoms with E-state index in [2.05, 4.69) is 52.7 Å². The van der Waals surface area contributed by atoms with Crippen molar-refractivity contribution in [3.8, 4) is 0 Å². The molecule has 0 heterocycles. The van der Waals surface area contributed by atoms with E-state index in [9.17, 15) is 0 Å². The molecule has 0 atom stereocenters. The molecule has 0 aromatic rings. The third kappa shape index (κ3) is 15.7. The van der Waals surface area contributed by atoms with Crippen LogP contribution in [0.25, 0.3) is 0 Å². The maximum atomic E-state index is 2.76. The predicted octanol–water partition coefficient (Wildman–Crippen LogP) is 5.71. The SMILES string of the molecule is CCCCP(CCCC)CCCC.[Br][Ag]. The van der Waals surface area contributed by atoms with Crippen molar-refractivity contribution in [2.24, 2.45) is 0 Å². The second-order valence-electron chi connectivity index (χ2n) is 3.90. The van der Waals surface area contributed by atoms with Crippen molar-refractivity contribution in [3.05, 3.63) is 0 Å². The van der Waals surface area contributed by atoms with E-state index < -0.39 is 0 Å². The summed E-state index contributed by atoms with van der Waals surface area (Å²) in [6, 6.07) is 0. The van der Waals surface area contributed by atoms with Gasteiger partial charge in [-0.1, -0.05) is 40.0 Å². The summed E-state index contributed by atoms with van der Waals surface area (Å²) in [5.41, 5.74) is 0. The van der Waals surface area contributed by atoms with Gasteiger partial charge in [0.15, 0.2) is 0 Å². The third-order valence-electron chi connectivity index (χ3n) is 2.48. The fourth-order valence-corrected chi connectivity index (χ4v) is 4.44. The van der Waals surface area contributed by atoms with Gasteiger partial charge in [-0.25, -0.2) is 0 Å². The van der Waals surface area contributed by atoms with E-state index in [0.29, 0.717) is 7.92 Å². The van der Waals surface area contributed by atoms with E-state index in [1.807, 2.05) is 0 Å².